The Morgan fingerprint density at radius 3 is 2.83 bits per heavy atom. The minimum absolute atomic E-state index is 0.0325. The van der Waals surface area contributed by atoms with Crippen LogP contribution in [-0.2, 0) is 12.7 Å². The maximum Gasteiger partial charge on any atom is 0.417 e. The van der Waals surface area contributed by atoms with Crippen LogP contribution in [0.2, 0.25) is 5.02 Å². The van der Waals surface area contributed by atoms with Crippen molar-refractivity contribution in [2.24, 2.45) is 4.99 Å². The van der Waals surface area contributed by atoms with Gasteiger partial charge >= 0.3 is 6.18 Å². The van der Waals surface area contributed by atoms with Crippen LogP contribution in [0.15, 0.2) is 35.6 Å². The molecule has 1 fully saturated rings. The first-order chi connectivity index (χ1) is 13.8. The first-order valence-electron chi connectivity index (χ1n) is 8.82. The lowest BCUT2D eigenvalue weighted by atomic mass is 10.2. The van der Waals surface area contributed by atoms with Gasteiger partial charge in [-0.1, -0.05) is 11.6 Å². The molecule has 0 spiro atoms. The lowest BCUT2D eigenvalue weighted by Gasteiger charge is -2.21. The molecule has 1 aliphatic heterocycles. The SMILES string of the molecule is CN=C(NCc1ncccc1F)NC1CCN(c2ncc(C(F)(F)F)cc2Cl)C1. The molecule has 1 saturated heterocycles. The average molecular weight is 431 g/mol. The Kier molecular flexibility index (Phi) is 6.41. The summed E-state index contributed by atoms with van der Waals surface area (Å²) in [7, 11) is 1.59. The average Bonchev–Trinajstić information content (AvgIpc) is 3.13. The van der Waals surface area contributed by atoms with Gasteiger partial charge in [-0.3, -0.25) is 9.98 Å². The van der Waals surface area contributed by atoms with Crippen molar-refractivity contribution >= 4 is 23.4 Å². The molecule has 2 aromatic rings. The molecular formula is C18H19ClF4N6. The second-order valence-corrected chi connectivity index (χ2v) is 6.87. The molecule has 29 heavy (non-hydrogen) atoms. The number of nitrogens with zero attached hydrogens (tertiary/aromatic N) is 4. The normalized spacial score (nSPS) is 17.5. The molecule has 3 heterocycles. The highest BCUT2D eigenvalue weighted by Gasteiger charge is 2.33. The lowest BCUT2D eigenvalue weighted by molar-refractivity contribution is -0.137. The Labute approximate surface area is 170 Å². The van der Waals surface area contributed by atoms with Crippen LogP contribution in [0.1, 0.15) is 17.7 Å². The van der Waals surface area contributed by atoms with E-state index in [2.05, 4.69) is 25.6 Å². The van der Waals surface area contributed by atoms with E-state index in [1.807, 2.05) is 4.90 Å². The maximum atomic E-state index is 13.7. The lowest BCUT2D eigenvalue weighted by Crippen LogP contribution is -2.44. The zero-order valence-corrected chi connectivity index (χ0v) is 16.2. The second kappa shape index (κ2) is 8.81. The largest absolute Gasteiger partial charge is 0.417 e. The van der Waals surface area contributed by atoms with Gasteiger partial charge in [0.2, 0.25) is 0 Å². The third-order valence-corrected chi connectivity index (χ3v) is 4.74. The number of halogens is 5. The number of pyridine rings is 2. The minimum atomic E-state index is -4.49. The van der Waals surface area contributed by atoms with Crippen LogP contribution in [0, 0.1) is 5.82 Å². The quantitative estimate of drug-likeness (QED) is 0.443. The van der Waals surface area contributed by atoms with E-state index in [1.165, 1.54) is 18.3 Å². The predicted octanol–water partition coefficient (Wildman–Crippen LogP) is 3.23. The Morgan fingerprint density at radius 2 is 2.17 bits per heavy atom. The van der Waals surface area contributed by atoms with E-state index >= 15 is 0 Å². The number of hydrogen-bond donors (Lipinski definition) is 2. The van der Waals surface area contributed by atoms with E-state index in [0.717, 1.165) is 12.3 Å². The van der Waals surface area contributed by atoms with E-state index in [4.69, 9.17) is 11.6 Å². The van der Waals surface area contributed by atoms with Crippen molar-refractivity contribution in [3.63, 3.8) is 0 Å². The van der Waals surface area contributed by atoms with Gasteiger partial charge in [-0.2, -0.15) is 13.2 Å². The van der Waals surface area contributed by atoms with Gasteiger partial charge in [-0.25, -0.2) is 9.37 Å². The number of rotatable bonds is 4. The van der Waals surface area contributed by atoms with Crippen LogP contribution in [0.4, 0.5) is 23.4 Å². The van der Waals surface area contributed by atoms with Crippen molar-refractivity contribution in [1.82, 2.24) is 20.6 Å². The van der Waals surface area contributed by atoms with Crippen molar-refractivity contribution in [2.45, 2.75) is 25.2 Å². The summed E-state index contributed by atoms with van der Waals surface area (Å²) in [6.45, 7) is 1.22. The van der Waals surface area contributed by atoms with E-state index in [-0.39, 0.29) is 23.3 Å². The molecule has 1 atom stereocenters. The van der Waals surface area contributed by atoms with Crippen molar-refractivity contribution in [3.8, 4) is 0 Å². The minimum Gasteiger partial charge on any atom is -0.353 e. The molecule has 0 radical (unpaired) electrons. The summed E-state index contributed by atoms with van der Waals surface area (Å²) >= 11 is 6.03. The van der Waals surface area contributed by atoms with Gasteiger partial charge < -0.3 is 15.5 Å². The van der Waals surface area contributed by atoms with Crippen molar-refractivity contribution in [1.29, 1.82) is 0 Å². The van der Waals surface area contributed by atoms with Gasteiger partial charge in [0.15, 0.2) is 5.96 Å². The van der Waals surface area contributed by atoms with Crippen molar-refractivity contribution in [3.05, 3.63) is 52.7 Å². The molecule has 0 saturated carbocycles. The first-order valence-corrected chi connectivity index (χ1v) is 9.20. The summed E-state index contributed by atoms with van der Waals surface area (Å²) < 4.78 is 52.0. The number of guanidine groups is 1. The van der Waals surface area contributed by atoms with E-state index in [0.29, 0.717) is 31.3 Å². The van der Waals surface area contributed by atoms with Crippen molar-refractivity contribution < 1.29 is 17.6 Å². The number of aliphatic imine (C=N–C) groups is 1. The molecule has 0 amide bonds. The standard InChI is InChI=1S/C18H19ClF4N6/c1-24-17(27-9-15-14(20)3-2-5-25-15)28-12-4-6-29(10-12)16-13(19)7-11(8-26-16)18(21,22)23/h2-3,5,7-8,12H,4,6,9-10H2,1H3,(H2,24,27,28). The summed E-state index contributed by atoms with van der Waals surface area (Å²) in [6, 6.07) is 3.69. The molecule has 0 bridgehead atoms. The number of alkyl halides is 3. The number of hydrogen-bond acceptors (Lipinski definition) is 4. The van der Waals surface area contributed by atoms with Gasteiger partial charge in [-0.05, 0) is 24.6 Å². The van der Waals surface area contributed by atoms with Crippen LogP contribution < -0.4 is 15.5 Å². The van der Waals surface area contributed by atoms with Crippen molar-refractivity contribution in [2.75, 3.05) is 25.0 Å². The summed E-state index contributed by atoms with van der Waals surface area (Å²) in [5.74, 6) is 0.362. The highest BCUT2D eigenvalue weighted by atomic mass is 35.5. The fourth-order valence-corrected chi connectivity index (χ4v) is 3.28. The first kappa shape index (κ1) is 21.1. The molecule has 0 aromatic carbocycles. The summed E-state index contributed by atoms with van der Waals surface area (Å²) in [6.07, 6.45) is -1.50. The van der Waals surface area contributed by atoms with Crippen LogP contribution in [-0.4, -0.2) is 42.1 Å². The summed E-state index contributed by atoms with van der Waals surface area (Å²) in [5.41, 5.74) is -0.615. The highest BCUT2D eigenvalue weighted by molar-refractivity contribution is 6.33. The number of aromatic nitrogens is 2. The zero-order valence-electron chi connectivity index (χ0n) is 15.5. The van der Waals surface area contributed by atoms with Gasteiger partial charge in [0.25, 0.3) is 0 Å². The van der Waals surface area contributed by atoms with Gasteiger partial charge in [0.05, 0.1) is 22.8 Å². The van der Waals surface area contributed by atoms with Gasteiger partial charge in [-0.15, -0.1) is 0 Å². The second-order valence-electron chi connectivity index (χ2n) is 6.46. The van der Waals surface area contributed by atoms with E-state index in [1.54, 1.807) is 7.05 Å². The molecule has 1 aliphatic rings. The Bertz CT molecular complexity index is 889. The number of anilines is 1. The number of nitrogens with one attached hydrogen (secondary N) is 2. The summed E-state index contributed by atoms with van der Waals surface area (Å²) in [5, 5.41) is 6.15. The van der Waals surface area contributed by atoms with Crippen LogP contribution in [0.5, 0.6) is 0 Å². The fourth-order valence-electron chi connectivity index (χ4n) is 2.99. The van der Waals surface area contributed by atoms with Crippen LogP contribution in [0.3, 0.4) is 0 Å². The molecular weight excluding hydrogens is 412 g/mol. The third-order valence-electron chi connectivity index (χ3n) is 4.46. The Hall–Kier alpha value is -2.62. The molecule has 0 aliphatic carbocycles. The van der Waals surface area contributed by atoms with Crippen LogP contribution in [0.25, 0.3) is 0 Å². The highest BCUT2D eigenvalue weighted by Crippen LogP contribution is 2.34. The molecule has 156 valence electrons. The third kappa shape index (κ3) is 5.26. The zero-order chi connectivity index (χ0) is 21.0. The molecule has 2 N–H and O–H groups in total. The van der Waals surface area contributed by atoms with E-state index < -0.39 is 17.6 Å². The van der Waals surface area contributed by atoms with Gasteiger partial charge in [0, 0.05) is 38.6 Å². The monoisotopic (exact) mass is 430 g/mol. The topological polar surface area (TPSA) is 65.4 Å². The predicted molar refractivity (Wildman–Crippen MR) is 102 cm³/mol. The molecule has 6 nitrogen and oxygen atoms in total. The Morgan fingerprint density at radius 1 is 1.38 bits per heavy atom. The van der Waals surface area contributed by atoms with E-state index in [9.17, 15) is 17.6 Å². The van der Waals surface area contributed by atoms with Gasteiger partial charge in [0.1, 0.15) is 11.6 Å². The molecule has 1 unspecified atom stereocenters. The summed E-state index contributed by atoms with van der Waals surface area (Å²) in [4.78, 5) is 13.8. The molecule has 3 rings (SSSR count). The molecule has 11 heteroatoms. The fraction of sp³-hybridized carbons (Fsp3) is 0.389. The van der Waals surface area contributed by atoms with Crippen LogP contribution >= 0.6 is 11.6 Å². The smallest absolute Gasteiger partial charge is 0.353 e. The Balaban J connectivity index is 1.58. The molecule has 2 aromatic heterocycles. The maximum absolute atomic E-state index is 13.7.